The van der Waals surface area contributed by atoms with Crippen molar-refractivity contribution in [2.45, 2.75) is 38.1 Å². The number of phenols is 1. The number of carboxylic acids is 1. The van der Waals surface area contributed by atoms with Crippen LogP contribution in [0.2, 0.25) is 0 Å². The molecule has 0 amide bonds. The summed E-state index contributed by atoms with van der Waals surface area (Å²) in [5, 5.41) is 18.8. The van der Waals surface area contributed by atoms with Gasteiger partial charge in [0.2, 0.25) is 0 Å². The van der Waals surface area contributed by atoms with E-state index in [4.69, 9.17) is 20.3 Å². The van der Waals surface area contributed by atoms with Gasteiger partial charge in [-0.2, -0.15) is 0 Å². The zero-order chi connectivity index (χ0) is 24.0. The molecule has 1 aliphatic heterocycles. The molecule has 178 valence electrons. The predicted octanol–water partition coefficient (Wildman–Crippen LogP) is 2.41. The number of carboxylic acid groups (broad SMARTS) is 1. The lowest BCUT2D eigenvalue weighted by Crippen LogP contribution is -2.30. The molecule has 1 fully saturated rings. The number of carbonyl (C=O) groups is 3. The molecule has 4 N–H and O–H groups in total. The van der Waals surface area contributed by atoms with Crippen molar-refractivity contribution in [3.05, 3.63) is 53.4 Å². The first-order chi connectivity index (χ1) is 15.8. The van der Waals surface area contributed by atoms with Crippen molar-refractivity contribution in [3.63, 3.8) is 0 Å². The van der Waals surface area contributed by atoms with E-state index >= 15 is 0 Å². The number of unbranched alkanes of at least 4 members (excludes halogenated alkanes) is 1. The molecule has 0 bridgehead atoms. The van der Waals surface area contributed by atoms with Gasteiger partial charge in [0.05, 0.1) is 19.3 Å². The minimum atomic E-state index is -1.02. The monoisotopic (exact) mass is 458 g/mol. The summed E-state index contributed by atoms with van der Waals surface area (Å²) in [4.78, 5) is 37.6. The number of aromatic hydroxyl groups is 1. The number of ether oxygens (including phenoxy) is 2. The van der Waals surface area contributed by atoms with E-state index < -0.39 is 23.9 Å². The molecule has 3 atom stereocenters. The second kappa shape index (κ2) is 11.0. The highest BCUT2D eigenvalue weighted by molar-refractivity contribution is 5.92. The number of rotatable bonds is 10. The highest BCUT2D eigenvalue weighted by Gasteiger charge is 2.39. The Bertz CT molecular complexity index is 956. The lowest BCUT2D eigenvalue weighted by Gasteiger charge is -2.29. The maximum absolute atomic E-state index is 12.4. The summed E-state index contributed by atoms with van der Waals surface area (Å²) in [6.07, 6.45) is 6.98. The van der Waals surface area contributed by atoms with Gasteiger partial charge < -0.3 is 30.3 Å². The van der Waals surface area contributed by atoms with Gasteiger partial charge in [-0.3, -0.25) is 4.79 Å². The number of aliphatic carboxylic acids is 1. The molecule has 1 saturated carbocycles. The van der Waals surface area contributed by atoms with Gasteiger partial charge in [0, 0.05) is 30.8 Å². The predicted molar refractivity (Wildman–Crippen MR) is 119 cm³/mol. The molecule has 0 aromatic heterocycles. The van der Waals surface area contributed by atoms with E-state index in [2.05, 4.69) is 0 Å². The van der Waals surface area contributed by atoms with Crippen LogP contribution < -0.4 is 5.73 Å². The number of benzene rings is 1. The molecule has 0 spiro atoms. The number of para-hydroxylation sites is 1. The fourth-order valence-corrected chi connectivity index (χ4v) is 4.32. The van der Waals surface area contributed by atoms with Crippen LogP contribution in [-0.4, -0.2) is 59.3 Å². The second-order valence-corrected chi connectivity index (χ2v) is 8.33. The molecule has 3 unspecified atom stereocenters. The molecular formula is C24H30N2O7. The normalized spacial score (nSPS) is 20.4. The molecule has 0 radical (unpaired) electrons. The first-order valence-corrected chi connectivity index (χ1v) is 11.0. The number of methoxy groups -OCH3 is 1. The summed E-state index contributed by atoms with van der Waals surface area (Å²) in [6.45, 7) is 0.735. The fraction of sp³-hybridized carbons (Fsp3) is 0.458. The van der Waals surface area contributed by atoms with Crippen LogP contribution in [0.5, 0.6) is 5.75 Å². The van der Waals surface area contributed by atoms with Crippen LogP contribution in [0.3, 0.4) is 0 Å². The highest BCUT2D eigenvalue weighted by Crippen LogP contribution is 2.44. The van der Waals surface area contributed by atoms with Gasteiger partial charge >= 0.3 is 17.9 Å². The van der Waals surface area contributed by atoms with E-state index in [1.807, 2.05) is 11.1 Å². The van der Waals surface area contributed by atoms with Crippen molar-refractivity contribution in [1.29, 1.82) is 0 Å². The summed E-state index contributed by atoms with van der Waals surface area (Å²) in [5.74, 6) is -2.28. The van der Waals surface area contributed by atoms with Crippen molar-refractivity contribution < 1.29 is 34.1 Å². The third-order valence-electron chi connectivity index (χ3n) is 6.13. The molecule has 0 saturated heterocycles. The fourth-order valence-electron chi connectivity index (χ4n) is 4.32. The van der Waals surface area contributed by atoms with Gasteiger partial charge in [0.15, 0.2) is 0 Å². The Morgan fingerprint density at radius 2 is 1.91 bits per heavy atom. The van der Waals surface area contributed by atoms with Crippen LogP contribution in [0.1, 0.15) is 42.5 Å². The first kappa shape index (κ1) is 24.3. The summed E-state index contributed by atoms with van der Waals surface area (Å²) in [7, 11) is 1.35. The number of carbonyl (C=O) groups excluding carboxylic acids is 2. The summed E-state index contributed by atoms with van der Waals surface area (Å²) in [6, 6.07) is 5.34. The average molecular weight is 459 g/mol. The zero-order valence-electron chi connectivity index (χ0n) is 18.6. The van der Waals surface area contributed by atoms with Crippen LogP contribution in [0.25, 0.3) is 0 Å². The van der Waals surface area contributed by atoms with Gasteiger partial charge in [-0.15, -0.1) is 0 Å². The van der Waals surface area contributed by atoms with Gasteiger partial charge in [0.1, 0.15) is 17.4 Å². The minimum absolute atomic E-state index is 0.0545. The molecule has 3 rings (SSSR count). The van der Waals surface area contributed by atoms with E-state index in [1.165, 1.54) is 19.2 Å². The summed E-state index contributed by atoms with van der Waals surface area (Å²) < 4.78 is 10.5. The molecular weight excluding hydrogens is 428 g/mol. The van der Waals surface area contributed by atoms with E-state index in [9.17, 15) is 19.5 Å². The van der Waals surface area contributed by atoms with E-state index in [0.717, 1.165) is 18.4 Å². The molecule has 1 aromatic rings. The van der Waals surface area contributed by atoms with Gasteiger partial charge in [-0.1, -0.05) is 12.1 Å². The molecule has 2 aliphatic rings. The Morgan fingerprint density at radius 3 is 2.61 bits per heavy atom. The largest absolute Gasteiger partial charge is 0.507 e. The van der Waals surface area contributed by atoms with E-state index in [-0.39, 0.29) is 29.8 Å². The molecule has 1 aromatic carbocycles. The molecule has 1 aliphatic carbocycles. The Labute approximate surface area is 192 Å². The van der Waals surface area contributed by atoms with E-state index in [1.54, 1.807) is 18.3 Å². The molecule has 9 nitrogen and oxygen atoms in total. The van der Waals surface area contributed by atoms with E-state index in [0.29, 0.717) is 31.4 Å². The number of esters is 2. The summed E-state index contributed by atoms with van der Waals surface area (Å²) >= 11 is 0. The zero-order valence-corrected chi connectivity index (χ0v) is 18.6. The Hall–Kier alpha value is -3.33. The van der Waals surface area contributed by atoms with Crippen molar-refractivity contribution in [2.75, 3.05) is 20.3 Å². The number of nitrogens with two attached hydrogens (primary N) is 1. The van der Waals surface area contributed by atoms with Crippen LogP contribution in [0.4, 0.5) is 0 Å². The third kappa shape index (κ3) is 5.92. The topological polar surface area (TPSA) is 139 Å². The highest BCUT2D eigenvalue weighted by atomic mass is 16.5. The number of nitrogens with zero attached hydrogens (tertiary/aromatic N) is 1. The van der Waals surface area contributed by atoms with Crippen LogP contribution in [0.15, 0.2) is 47.8 Å². The minimum Gasteiger partial charge on any atom is -0.507 e. The van der Waals surface area contributed by atoms with Gasteiger partial charge in [0.25, 0.3) is 0 Å². The number of hydrogen-bond acceptors (Lipinski definition) is 8. The lowest BCUT2D eigenvalue weighted by molar-refractivity contribution is -0.139. The molecule has 33 heavy (non-hydrogen) atoms. The standard InChI is InChI=1S/C24H30N2O7/c1-32-23(30)19-13-26(11-5-4-7-20(25)22(28)29)12-18-15(9-10-16(18)19)14-33-24(31)17-6-2-3-8-21(17)27/h2-3,6,8,12-13,15-16,20,27H,4-5,7,9-11,14,25H2,1H3,(H,28,29). The van der Waals surface area contributed by atoms with Crippen LogP contribution in [-0.2, 0) is 19.1 Å². The molecule has 1 heterocycles. The van der Waals surface area contributed by atoms with Crippen molar-refractivity contribution in [3.8, 4) is 5.75 Å². The quantitative estimate of drug-likeness (QED) is 0.356. The second-order valence-electron chi connectivity index (χ2n) is 8.33. The van der Waals surface area contributed by atoms with Gasteiger partial charge in [-0.25, -0.2) is 9.59 Å². The van der Waals surface area contributed by atoms with Crippen LogP contribution in [0, 0.1) is 11.8 Å². The first-order valence-electron chi connectivity index (χ1n) is 11.0. The van der Waals surface area contributed by atoms with Crippen molar-refractivity contribution >= 4 is 17.9 Å². The number of phenolic OH excluding ortho intramolecular Hbond substituents is 1. The number of hydrogen-bond donors (Lipinski definition) is 3. The Morgan fingerprint density at radius 1 is 1.15 bits per heavy atom. The molecule has 9 heteroatoms. The smallest absolute Gasteiger partial charge is 0.341 e. The summed E-state index contributed by atoms with van der Waals surface area (Å²) in [5.41, 5.74) is 7.24. The maximum atomic E-state index is 12.4. The SMILES string of the molecule is COC(=O)C1=CN(CCCCC(N)C(=O)O)C=C2C(COC(=O)c3ccccc3O)CCC12. The Balaban J connectivity index is 1.65. The van der Waals surface area contributed by atoms with Crippen molar-refractivity contribution in [2.24, 2.45) is 17.6 Å². The van der Waals surface area contributed by atoms with Gasteiger partial charge in [-0.05, 0) is 49.8 Å². The third-order valence-corrected chi connectivity index (χ3v) is 6.13. The Kier molecular flexibility index (Phi) is 8.11. The lowest BCUT2D eigenvalue weighted by atomic mass is 9.89. The average Bonchev–Trinajstić information content (AvgIpc) is 3.22. The van der Waals surface area contributed by atoms with Crippen molar-refractivity contribution in [1.82, 2.24) is 4.90 Å². The van der Waals surface area contributed by atoms with Crippen LogP contribution >= 0.6 is 0 Å². The number of fused-ring (bicyclic) bond motifs is 1. The maximum Gasteiger partial charge on any atom is 0.341 e.